The van der Waals surface area contributed by atoms with Crippen LogP contribution in [0.5, 0.6) is 5.75 Å². The van der Waals surface area contributed by atoms with Crippen LogP contribution in [-0.2, 0) is 16.4 Å². The third kappa shape index (κ3) is 3.03. The van der Waals surface area contributed by atoms with E-state index in [1.165, 1.54) is 12.1 Å². The maximum atomic E-state index is 12.9. The van der Waals surface area contributed by atoms with Crippen LogP contribution in [0.4, 0.5) is 18.9 Å². The summed E-state index contributed by atoms with van der Waals surface area (Å²) in [6.07, 6.45) is -1.38. The number of carbonyl (C=O) groups is 1. The van der Waals surface area contributed by atoms with Crippen LogP contribution in [0.1, 0.15) is 24.0 Å². The first-order valence-corrected chi connectivity index (χ1v) is 8.48. The van der Waals surface area contributed by atoms with Gasteiger partial charge in [0, 0.05) is 22.8 Å². The highest BCUT2D eigenvalue weighted by molar-refractivity contribution is 6.04. The summed E-state index contributed by atoms with van der Waals surface area (Å²) in [4.78, 5) is 16.1. The zero-order valence-electron chi connectivity index (χ0n) is 14.5. The van der Waals surface area contributed by atoms with Crippen molar-refractivity contribution in [3.05, 3.63) is 59.8 Å². The normalized spacial score (nSPS) is 15.6. The van der Waals surface area contributed by atoms with Gasteiger partial charge < -0.3 is 15.0 Å². The molecule has 2 N–H and O–H groups in total. The molecule has 1 fully saturated rings. The maximum Gasteiger partial charge on any atom is 0.416 e. The predicted molar refractivity (Wildman–Crippen MR) is 95.8 cm³/mol. The van der Waals surface area contributed by atoms with Crippen molar-refractivity contribution in [1.82, 2.24) is 4.98 Å². The Bertz CT molecular complexity index is 1020. The summed E-state index contributed by atoms with van der Waals surface area (Å²) < 4.78 is 43.9. The molecule has 0 bridgehead atoms. The van der Waals surface area contributed by atoms with E-state index in [-0.39, 0.29) is 11.6 Å². The Morgan fingerprint density at radius 3 is 2.63 bits per heavy atom. The first kappa shape index (κ1) is 17.5. The number of alkyl halides is 3. The minimum atomic E-state index is -4.45. The Kier molecular flexibility index (Phi) is 3.91. The number of carbonyl (C=O) groups excluding carboxylic acids is 1. The molecule has 0 aliphatic heterocycles. The molecule has 4 rings (SSSR count). The summed E-state index contributed by atoms with van der Waals surface area (Å²) in [5.74, 6) is 0.378. The number of fused-ring (bicyclic) bond motifs is 1. The molecule has 0 atom stereocenters. The van der Waals surface area contributed by atoms with E-state index < -0.39 is 17.2 Å². The molecule has 4 nitrogen and oxygen atoms in total. The van der Waals surface area contributed by atoms with E-state index in [1.54, 1.807) is 13.3 Å². The monoisotopic (exact) mass is 374 g/mol. The van der Waals surface area contributed by atoms with Gasteiger partial charge in [-0.2, -0.15) is 13.2 Å². The third-order valence-corrected chi connectivity index (χ3v) is 5.04. The molecule has 27 heavy (non-hydrogen) atoms. The highest BCUT2D eigenvalue weighted by Crippen LogP contribution is 2.51. The number of benzene rings is 2. The maximum absolute atomic E-state index is 12.9. The molecule has 7 heteroatoms. The molecule has 140 valence electrons. The van der Waals surface area contributed by atoms with E-state index in [1.807, 2.05) is 18.2 Å². The lowest BCUT2D eigenvalue weighted by Crippen LogP contribution is -2.27. The summed E-state index contributed by atoms with van der Waals surface area (Å²) in [6, 6.07) is 10.2. The van der Waals surface area contributed by atoms with Crippen LogP contribution in [0, 0.1) is 0 Å². The van der Waals surface area contributed by atoms with Gasteiger partial charge in [0.2, 0.25) is 5.91 Å². The number of aromatic nitrogens is 1. The highest BCUT2D eigenvalue weighted by atomic mass is 19.4. The van der Waals surface area contributed by atoms with Crippen LogP contribution in [-0.4, -0.2) is 18.0 Å². The van der Waals surface area contributed by atoms with E-state index in [4.69, 9.17) is 4.74 Å². The largest absolute Gasteiger partial charge is 0.497 e. The van der Waals surface area contributed by atoms with Gasteiger partial charge in [0.1, 0.15) is 5.75 Å². The molecular formula is C20H17F3N2O2. The molecule has 0 unspecified atom stereocenters. The molecular weight excluding hydrogens is 357 g/mol. The van der Waals surface area contributed by atoms with Crippen LogP contribution in [0.25, 0.3) is 10.9 Å². The Morgan fingerprint density at radius 1 is 1.19 bits per heavy atom. The number of rotatable bonds is 4. The number of halogens is 3. The van der Waals surface area contributed by atoms with E-state index >= 15 is 0 Å². The van der Waals surface area contributed by atoms with Crippen molar-refractivity contribution in [2.24, 2.45) is 0 Å². The molecule has 0 saturated heterocycles. The number of methoxy groups -OCH3 is 1. The van der Waals surface area contributed by atoms with E-state index in [2.05, 4.69) is 10.3 Å². The number of amides is 1. The van der Waals surface area contributed by atoms with Gasteiger partial charge in [0.25, 0.3) is 0 Å². The molecule has 0 radical (unpaired) electrons. The van der Waals surface area contributed by atoms with Gasteiger partial charge in [-0.25, -0.2) is 0 Å². The van der Waals surface area contributed by atoms with E-state index in [9.17, 15) is 18.0 Å². The minimum Gasteiger partial charge on any atom is -0.497 e. The van der Waals surface area contributed by atoms with Crippen LogP contribution >= 0.6 is 0 Å². The Morgan fingerprint density at radius 2 is 1.96 bits per heavy atom. The Hall–Kier alpha value is -2.96. The van der Waals surface area contributed by atoms with Gasteiger partial charge in [-0.05, 0) is 54.8 Å². The smallest absolute Gasteiger partial charge is 0.416 e. The summed E-state index contributed by atoms with van der Waals surface area (Å²) in [5.41, 5.74) is 0.323. The summed E-state index contributed by atoms with van der Waals surface area (Å²) in [6.45, 7) is 0. The summed E-state index contributed by atoms with van der Waals surface area (Å²) in [5, 5.41) is 3.54. The van der Waals surface area contributed by atoms with Crippen molar-refractivity contribution >= 4 is 22.5 Å². The zero-order valence-corrected chi connectivity index (χ0v) is 14.5. The first-order valence-electron chi connectivity index (χ1n) is 8.48. The molecule has 2 aromatic carbocycles. The Labute approximate surface area is 153 Å². The average Bonchev–Trinajstić information content (AvgIpc) is 3.34. The van der Waals surface area contributed by atoms with Crippen molar-refractivity contribution in [3.8, 4) is 5.75 Å². The second kappa shape index (κ2) is 6.04. The molecule has 3 aromatic rings. The van der Waals surface area contributed by atoms with Crippen LogP contribution < -0.4 is 10.1 Å². The predicted octanol–water partition coefficient (Wildman–Crippen LogP) is 4.87. The zero-order chi connectivity index (χ0) is 19.2. The highest BCUT2D eigenvalue weighted by Gasteiger charge is 2.52. The number of hydrogen-bond acceptors (Lipinski definition) is 2. The topological polar surface area (TPSA) is 54.1 Å². The molecule has 1 amide bonds. The fourth-order valence-electron chi connectivity index (χ4n) is 3.39. The third-order valence-electron chi connectivity index (χ3n) is 5.04. The second-order valence-corrected chi connectivity index (χ2v) is 6.73. The van der Waals surface area contributed by atoms with Gasteiger partial charge in [-0.15, -0.1) is 0 Å². The van der Waals surface area contributed by atoms with Crippen molar-refractivity contribution in [1.29, 1.82) is 0 Å². The lowest BCUT2D eigenvalue weighted by atomic mass is 9.94. The standard InChI is InChI=1S/C20H17F3N2O2/c1-27-14-5-6-17-15(10-14)16(11-24-17)19(7-8-19)18(26)25-13-4-2-3-12(9-13)20(21,22)23/h2-6,9-11,24H,7-8H2,1H3,(H,25,26). The van der Waals surface area contributed by atoms with Gasteiger partial charge >= 0.3 is 6.18 Å². The van der Waals surface area contributed by atoms with Crippen molar-refractivity contribution in [2.45, 2.75) is 24.4 Å². The Balaban J connectivity index is 1.65. The first-order chi connectivity index (χ1) is 12.8. The van der Waals surface area contributed by atoms with E-state index in [0.29, 0.717) is 18.6 Å². The number of ether oxygens (including phenoxy) is 1. The SMILES string of the molecule is COc1ccc2[nH]cc(C3(C(=O)Nc4cccc(C(F)(F)F)c4)CC3)c2c1. The number of aromatic amines is 1. The van der Waals surface area contributed by atoms with Crippen LogP contribution in [0.3, 0.4) is 0 Å². The molecule has 0 spiro atoms. The summed E-state index contributed by atoms with van der Waals surface area (Å²) >= 11 is 0. The fraction of sp³-hybridized carbons (Fsp3) is 0.250. The van der Waals surface area contributed by atoms with Gasteiger partial charge in [0.05, 0.1) is 18.1 Å². The number of H-pyrrole nitrogens is 1. The van der Waals surface area contributed by atoms with Crippen molar-refractivity contribution in [2.75, 3.05) is 12.4 Å². The number of hydrogen-bond donors (Lipinski definition) is 2. The number of anilines is 1. The minimum absolute atomic E-state index is 0.138. The van der Waals surface area contributed by atoms with Crippen molar-refractivity contribution < 1.29 is 22.7 Å². The van der Waals surface area contributed by atoms with Crippen LogP contribution in [0.2, 0.25) is 0 Å². The molecule has 1 aliphatic rings. The van der Waals surface area contributed by atoms with Gasteiger partial charge in [-0.1, -0.05) is 6.07 Å². The fourth-order valence-corrected chi connectivity index (χ4v) is 3.39. The van der Waals surface area contributed by atoms with Crippen LogP contribution in [0.15, 0.2) is 48.7 Å². The quantitative estimate of drug-likeness (QED) is 0.685. The lowest BCUT2D eigenvalue weighted by molar-refractivity contribution is -0.137. The molecule has 1 saturated carbocycles. The van der Waals surface area contributed by atoms with Gasteiger partial charge in [0.15, 0.2) is 0 Å². The summed E-state index contributed by atoms with van der Waals surface area (Å²) in [7, 11) is 1.57. The molecule has 1 aromatic heterocycles. The lowest BCUT2D eigenvalue weighted by Gasteiger charge is -2.16. The molecule has 1 heterocycles. The van der Waals surface area contributed by atoms with Gasteiger partial charge in [-0.3, -0.25) is 4.79 Å². The average molecular weight is 374 g/mol. The van der Waals surface area contributed by atoms with E-state index in [0.717, 1.165) is 28.6 Å². The second-order valence-electron chi connectivity index (χ2n) is 6.73. The number of nitrogens with one attached hydrogen (secondary N) is 2. The molecule has 1 aliphatic carbocycles. The van der Waals surface area contributed by atoms with Crippen molar-refractivity contribution in [3.63, 3.8) is 0 Å².